The van der Waals surface area contributed by atoms with Gasteiger partial charge in [-0.2, -0.15) is 0 Å². The SMILES string of the molecule is COc1cc(C)c(-c2ccc([SiH3])cc2)c(C)c1OC. The van der Waals surface area contributed by atoms with E-state index < -0.39 is 0 Å². The van der Waals surface area contributed by atoms with Crippen molar-refractivity contribution in [3.63, 3.8) is 0 Å². The molecule has 0 bridgehead atoms. The first-order valence-electron chi connectivity index (χ1n) is 6.37. The first-order valence-corrected chi connectivity index (χ1v) is 7.37. The zero-order valence-corrected chi connectivity index (χ0v) is 14.2. The molecule has 0 radical (unpaired) electrons. The van der Waals surface area contributed by atoms with Crippen LogP contribution in [0.4, 0.5) is 0 Å². The molecule has 0 fully saturated rings. The minimum atomic E-state index is 0.792. The molecule has 0 aliphatic rings. The van der Waals surface area contributed by atoms with E-state index in [4.69, 9.17) is 9.47 Å². The minimum absolute atomic E-state index is 0.792. The Kier molecular flexibility index (Phi) is 3.95. The third-order valence-corrected chi connectivity index (χ3v) is 4.11. The molecule has 100 valence electrons. The molecule has 2 aromatic carbocycles. The fourth-order valence-corrected chi connectivity index (χ4v) is 2.83. The topological polar surface area (TPSA) is 18.5 Å². The smallest absolute Gasteiger partial charge is 0.164 e. The van der Waals surface area contributed by atoms with Crippen LogP contribution in [0.15, 0.2) is 30.3 Å². The van der Waals surface area contributed by atoms with Gasteiger partial charge in [-0.25, -0.2) is 0 Å². The largest absolute Gasteiger partial charge is 0.493 e. The lowest BCUT2D eigenvalue weighted by atomic mass is 9.94. The molecule has 2 nitrogen and oxygen atoms in total. The Bertz CT molecular complexity index is 589. The molecule has 19 heavy (non-hydrogen) atoms. The summed E-state index contributed by atoms with van der Waals surface area (Å²) in [5.74, 6) is 1.61. The van der Waals surface area contributed by atoms with Crippen LogP contribution in [-0.4, -0.2) is 24.5 Å². The molecule has 0 unspecified atom stereocenters. The van der Waals surface area contributed by atoms with E-state index in [1.807, 2.05) is 6.07 Å². The van der Waals surface area contributed by atoms with Crippen molar-refractivity contribution in [2.75, 3.05) is 14.2 Å². The number of hydrogen-bond donors (Lipinski definition) is 0. The molecule has 0 aliphatic heterocycles. The Hall–Kier alpha value is -1.74. The van der Waals surface area contributed by atoms with Gasteiger partial charge in [0.25, 0.3) is 0 Å². The van der Waals surface area contributed by atoms with Crippen molar-refractivity contribution in [2.45, 2.75) is 13.8 Å². The summed E-state index contributed by atoms with van der Waals surface area (Å²) in [5.41, 5.74) is 4.80. The second-order valence-corrected chi connectivity index (χ2v) is 5.95. The standard InChI is InChI=1S/C16H20O2Si/c1-10-9-14(17-3)16(18-4)11(2)15(10)12-5-7-13(19)8-6-12/h5-9H,1-4,19H3. The van der Waals surface area contributed by atoms with Gasteiger partial charge < -0.3 is 9.47 Å². The number of hydrogen-bond acceptors (Lipinski definition) is 2. The molecule has 2 aromatic rings. The molecule has 0 amide bonds. The van der Waals surface area contributed by atoms with Gasteiger partial charge in [-0.3, -0.25) is 0 Å². The lowest BCUT2D eigenvalue weighted by molar-refractivity contribution is 0.353. The second-order valence-electron chi connectivity index (χ2n) is 4.79. The summed E-state index contributed by atoms with van der Waals surface area (Å²) in [5, 5.41) is 1.40. The maximum Gasteiger partial charge on any atom is 0.164 e. The lowest BCUT2D eigenvalue weighted by Crippen LogP contribution is -2.01. The summed E-state index contributed by atoms with van der Waals surface area (Å²) in [6, 6.07) is 10.8. The highest BCUT2D eigenvalue weighted by atomic mass is 28.1. The monoisotopic (exact) mass is 272 g/mol. The van der Waals surface area contributed by atoms with Gasteiger partial charge in [0.15, 0.2) is 11.5 Å². The average molecular weight is 272 g/mol. The van der Waals surface area contributed by atoms with Gasteiger partial charge in [0.1, 0.15) is 0 Å². The van der Waals surface area contributed by atoms with E-state index in [0.717, 1.165) is 27.3 Å². The third kappa shape index (κ3) is 2.51. The van der Waals surface area contributed by atoms with E-state index in [9.17, 15) is 0 Å². The highest BCUT2D eigenvalue weighted by molar-refractivity contribution is 6.32. The minimum Gasteiger partial charge on any atom is -0.493 e. The molecule has 0 heterocycles. The van der Waals surface area contributed by atoms with Crippen molar-refractivity contribution in [1.82, 2.24) is 0 Å². The van der Waals surface area contributed by atoms with Crippen LogP contribution in [0.25, 0.3) is 11.1 Å². The van der Waals surface area contributed by atoms with E-state index in [2.05, 4.69) is 38.1 Å². The predicted octanol–water partition coefficient (Wildman–Crippen LogP) is 1.98. The average Bonchev–Trinajstić information content (AvgIpc) is 2.40. The van der Waals surface area contributed by atoms with E-state index in [0.29, 0.717) is 0 Å². The van der Waals surface area contributed by atoms with Crippen molar-refractivity contribution in [2.24, 2.45) is 0 Å². The molecule has 0 spiro atoms. The first kappa shape index (κ1) is 13.7. The lowest BCUT2D eigenvalue weighted by Gasteiger charge is -2.17. The molecular weight excluding hydrogens is 252 g/mol. The molecule has 0 aromatic heterocycles. The maximum absolute atomic E-state index is 5.49. The summed E-state index contributed by atoms with van der Waals surface area (Å²) < 4.78 is 10.9. The van der Waals surface area contributed by atoms with Gasteiger partial charge in [0.05, 0.1) is 14.2 Å². The molecule has 0 saturated heterocycles. The van der Waals surface area contributed by atoms with Crippen LogP contribution >= 0.6 is 0 Å². The Balaban J connectivity index is 2.66. The number of aryl methyl sites for hydroxylation is 1. The molecule has 0 N–H and O–H groups in total. The van der Waals surface area contributed by atoms with Crippen LogP contribution in [0.3, 0.4) is 0 Å². The third-order valence-electron chi connectivity index (χ3n) is 3.45. The fourth-order valence-electron chi connectivity index (χ4n) is 2.50. The zero-order valence-electron chi connectivity index (χ0n) is 12.2. The number of ether oxygens (including phenoxy) is 2. The van der Waals surface area contributed by atoms with Crippen LogP contribution in [0.5, 0.6) is 11.5 Å². The fraction of sp³-hybridized carbons (Fsp3) is 0.250. The van der Waals surface area contributed by atoms with Crippen molar-refractivity contribution < 1.29 is 9.47 Å². The zero-order chi connectivity index (χ0) is 14.0. The van der Waals surface area contributed by atoms with Crippen LogP contribution in [0.2, 0.25) is 0 Å². The summed E-state index contributed by atoms with van der Waals surface area (Å²) in [4.78, 5) is 0. The van der Waals surface area contributed by atoms with E-state index in [1.165, 1.54) is 21.9 Å². The Morgan fingerprint density at radius 1 is 0.947 bits per heavy atom. The number of benzene rings is 2. The Morgan fingerprint density at radius 2 is 1.58 bits per heavy atom. The van der Waals surface area contributed by atoms with Crippen molar-refractivity contribution in [1.29, 1.82) is 0 Å². The van der Waals surface area contributed by atoms with Gasteiger partial charge in [-0.05, 0) is 36.6 Å². The van der Waals surface area contributed by atoms with Crippen molar-refractivity contribution in [3.8, 4) is 22.6 Å². The predicted molar refractivity (Wildman–Crippen MR) is 84.0 cm³/mol. The van der Waals surface area contributed by atoms with E-state index in [1.54, 1.807) is 14.2 Å². The molecule has 3 heteroatoms. The van der Waals surface area contributed by atoms with Crippen molar-refractivity contribution in [3.05, 3.63) is 41.5 Å². The molecule has 0 aliphatic carbocycles. The molecular formula is C16H20O2Si. The molecule has 0 atom stereocenters. The van der Waals surface area contributed by atoms with Crippen molar-refractivity contribution >= 4 is 15.4 Å². The van der Waals surface area contributed by atoms with Gasteiger partial charge in [-0.1, -0.05) is 29.5 Å². The van der Waals surface area contributed by atoms with E-state index >= 15 is 0 Å². The van der Waals surface area contributed by atoms with Gasteiger partial charge in [0, 0.05) is 15.8 Å². The summed E-state index contributed by atoms with van der Waals surface area (Å²) in [6.45, 7) is 4.19. The normalized spacial score (nSPS) is 10.5. The number of methoxy groups -OCH3 is 2. The highest BCUT2D eigenvalue weighted by Crippen LogP contribution is 2.39. The van der Waals surface area contributed by atoms with E-state index in [-0.39, 0.29) is 0 Å². The van der Waals surface area contributed by atoms with Gasteiger partial charge >= 0.3 is 0 Å². The van der Waals surface area contributed by atoms with Crippen LogP contribution in [0.1, 0.15) is 11.1 Å². The highest BCUT2D eigenvalue weighted by Gasteiger charge is 2.15. The maximum atomic E-state index is 5.49. The van der Waals surface area contributed by atoms with Gasteiger partial charge in [-0.15, -0.1) is 0 Å². The van der Waals surface area contributed by atoms with Crippen LogP contribution in [-0.2, 0) is 0 Å². The van der Waals surface area contributed by atoms with Crippen LogP contribution < -0.4 is 14.7 Å². The Labute approximate surface area is 117 Å². The quantitative estimate of drug-likeness (QED) is 0.796. The second kappa shape index (κ2) is 5.49. The molecule has 0 saturated carbocycles. The first-order chi connectivity index (χ1) is 9.08. The molecule has 2 rings (SSSR count). The van der Waals surface area contributed by atoms with Crippen LogP contribution in [0, 0.1) is 13.8 Å². The Morgan fingerprint density at radius 3 is 2.11 bits per heavy atom. The summed E-state index contributed by atoms with van der Waals surface area (Å²) in [7, 11) is 4.44. The summed E-state index contributed by atoms with van der Waals surface area (Å²) >= 11 is 0. The summed E-state index contributed by atoms with van der Waals surface area (Å²) in [6.07, 6.45) is 0. The number of rotatable bonds is 3. The van der Waals surface area contributed by atoms with Gasteiger partial charge in [0.2, 0.25) is 0 Å².